The zero-order chi connectivity index (χ0) is 21.9. The molecule has 0 aliphatic carbocycles. The van der Waals surface area contributed by atoms with Crippen LogP contribution in [0.3, 0.4) is 0 Å². The molecule has 0 aromatic heterocycles. The zero-order valence-electron chi connectivity index (χ0n) is 17.4. The maximum Gasteiger partial charge on any atom is 0.331 e. The molecule has 0 radical (unpaired) electrons. The Morgan fingerprint density at radius 3 is 2.23 bits per heavy atom. The van der Waals surface area contributed by atoms with E-state index in [1.165, 1.54) is 33.5 Å². The monoisotopic (exact) mass is 415 g/mol. The Kier molecular flexibility index (Phi) is 8.56. The van der Waals surface area contributed by atoms with E-state index in [1.54, 1.807) is 36.4 Å². The Bertz CT molecular complexity index is 883. The first-order valence-corrected chi connectivity index (χ1v) is 9.18. The van der Waals surface area contributed by atoms with Gasteiger partial charge in [-0.2, -0.15) is 0 Å². The highest BCUT2D eigenvalue weighted by Gasteiger charge is 2.13. The highest BCUT2D eigenvalue weighted by Crippen LogP contribution is 2.38. The summed E-state index contributed by atoms with van der Waals surface area (Å²) in [5, 5.41) is 2.66. The molecule has 160 valence electrons. The quantitative estimate of drug-likeness (QED) is 0.470. The lowest BCUT2D eigenvalue weighted by Crippen LogP contribution is -2.20. The molecular weight excluding hydrogens is 390 g/mol. The van der Waals surface area contributed by atoms with Crippen LogP contribution in [0.15, 0.2) is 42.5 Å². The Hall–Kier alpha value is -3.68. The summed E-state index contributed by atoms with van der Waals surface area (Å²) in [5.74, 6) is 0.758. The fraction of sp³-hybridized carbons (Fsp3) is 0.273. The lowest BCUT2D eigenvalue weighted by Gasteiger charge is -2.12. The molecule has 2 aromatic rings. The molecule has 0 saturated carbocycles. The number of carbonyl (C=O) groups is 2. The number of methoxy groups -OCH3 is 3. The van der Waals surface area contributed by atoms with Crippen molar-refractivity contribution in [2.45, 2.75) is 6.92 Å². The number of hydrogen-bond donors (Lipinski definition) is 1. The van der Waals surface area contributed by atoms with Crippen molar-refractivity contribution in [3.8, 4) is 23.0 Å². The van der Waals surface area contributed by atoms with Crippen molar-refractivity contribution in [2.75, 3.05) is 39.9 Å². The van der Waals surface area contributed by atoms with E-state index in [1.807, 2.05) is 6.92 Å². The number of rotatable bonds is 10. The standard InChI is InChI=1S/C22H25NO7/c1-5-29-17-9-7-6-8-16(17)23-20(24)14-30-21(25)11-10-15-12-18(26-2)22(28-4)19(13-15)27-3/h6-13H,5,14H2,1-4H3,(H,23,24). The molecular formula is C22H25NO7. The maximum absolute atomic E-state index is 12.1. The molecule has 0 fully saturated rings. The van der Waals surface area contributed by atoms with E-state index in [9.17, 15) is 9.59 Å². The fourth-order valence-electron chi connectivity index (χ4n) is 2.58. The number of carbonyl (C=O) groups excluding carboxylic acids is 2. The van der Waals surface area contributed by atoms with Crippen molar-refractivity contribution in [1.82, 2.24) is 0 Å². The van der Waals surface area contributed by atoms with Gasteiger partial charge in [0.2, 0.25) is 5.75 Å². The van der Waals surface area contributed by atoms with Gasteiger partial charge in [0.1, 0.15) is 5.75 Å². The zero-order valence-corrected chi connectivity index (χ0v) is 17.4. The summed E-state index contributed by atoms with van der Waals surface area (Å²) >= 11 is 0. The second kappa shape index (κ2) is 11.4. The number of para-hydroxylation sites is 2. The molecule has 0 unspecified atom stereocenters. The van der Waals surface area contributed by atoms with Crippen LogP contribution in [0.5, 0.6) is 23.0 Å². The molecule has 0 spiro atoms. The van der Waals surface area contributed by atoms with Crippen LogP contribution in [0.1, 0.15) is 12.5 Å². The second-order valence-corrected chi connectivity index (χ2v) is 5.88. The highest BCUT2D eigenvalue weighted by molar-refractivity contribution is 5.95. The van der Waals surface area contributed by atoms with Crippen molar-refractivity contribution >= 4 is 23.6 Å². The number of ether oxygens (including phenoxy) is 5. The molecule has 8 nitrogen and oxygen atoms in total. The number of amides is 1. The molecule has 0 atom stereocenters. The number of esters is 1. The van der Waals surface area contributed by atoms with Gasteiger partial charge in [-0.25, -0.2) is 4.79 Å². The lowest BCUT2D eigenvalue weighted by atomic mass is 10.1. The van der Waals surface area contributed by atoms with Crippen LogP contribution in [-0.2, 0) is 14.3 Å². The Morgan fingerprint density at radius 2 is 1.63 bits per heavy atom. The van der Waals surface area contributed by atoms with Gasteiger partial charge in [0, 0.05) is 6.08 Å². The molecule has 0 saturated heterocycles. The van der Waals surface area contributed by atoms with Crippen LogP contribution in [0.4, 0.5) is 5.69 Å². The van der Waals surface area contributed by atoms with Crippen molar-refractivity contribution in [3.05, 3.63) is 48.0 Å². The molecule has 0 aliphatic heterocycles. The number of nitrogens with one attached hydrogen (secondary N) is 1. The second-order valence-electron chi connectivity index (χ2n) is 5.88. The van der Waals surface area contributed by atoms with Gasteiger partial charge in [0.15, 0.2) is 18.1 Å². The minimum Gasteiger partial charge on any atom is -0.493 e. The van der Waals surface area contributed by atoms with Gasteiger partial charge in [-0.3, -0.25) is 4.79 Å². The number of hydrogen-bond acceptors (Lipinski definition) is 7. The normalized spacial score (nSPS) is 10.4. The minimum atomic E-state index is -0.669. The summed E-state index contributed by atoms with van der Waals surface area (Å²) < 4.78 is 26.2. The van der Waals surface area contributed by atoms with Gasteiger partial charge in [-0.1, -0.05) is 12.1 Å². The largest absolute Gasteiger partial charge is 0.493 e. The maximum atomic E-state index is 12.1. The van der Waals surface area contributed by atoms with E-state index in [4.69, 9.17) is 23.7 Å². The summed E-state index contributed by atoms with van der Waals surface area (Å²) in [5.41, 5.74) is 1.14. The van der Waals surface area contributed by atoms with Gasteiger partial charge in [-0.15, -0.1) is 0 Å². The van der Waals surface area contributed by atoms with Crippen molar-refractivity contribution in [3.63, 3.8) is 0 Å². The smallest absolute Gasteiger partial charge is 0.331 e. The predicted octanol–water partition coefficient (Wildman–Crippen LogP) is 3.31. The third kappa shape index (κ3) is 6.16. The van der Waals surface area contributed by atoms with Gasteiger partial charge < -0.3 is 29.0 Å². The average Bonchev–Trinajstić information content (AvgIpc) is 2.76. The SMILES string of the molecule is CCOc1ccccc1NC(=O)COC(=O)C=Cc1cc(OC)c(OC)c(OC)c1. The van der Waals surface area contributed by atoms with Crippen LogP contribution < -0.4 is 24.3 Å². The van der Waals surface area contributed by atoms with Crippen LogP contribution >= 0.6 is 0 Å². The first-order valence-electron chi connectivity index (χ1n) is 9.18. The van der Waals surface area contributed by atoms with E-state index in [2.05, 4.69) is 5.32 Å². The third-order valence-electron chi connectivity index (χ3n) is 3.91. The van der Waals surface area contributed by atoms with Crippen molar-refractivity contribution in [1.29, 1.82) is 0 Å². The molecule has 30 heavy (non-hydrogen) atoms. The van der Waals surface area contributed by atoms with E-state index in [0.717, 1.165) is 0 Å². The van der Waals surface area contributed by atoms with E-state index < -0.39 is 18.5 Å². The van der Waals surface area contributed by atoms with Gasteiger partial charge in [0.25, 0.3) is 5.91 Å². The molecule has 1 amide bonds. The van der Waals surface area contributed by atoms with Crippen LogP contribution in [0, 0.1) is 0 Å². The topological polar surface area (TPSA) is 92.3 Å². The molecule has 0 bridgehead atoms. The number of anilines is 1. The first kappa shape index (κ1) is 22.6. The van der Waals surface area contributed by atoms with E-state index in [-0.39, 0.29) is 0 Å². The average molecular weight is 415 g/mol. The third-order valence-corrected chi connectivity index (χ3v) is 3.91. The van der Waals surface area contributed by atoms with Crippen LogP contribution in [0.2, 0.25) is 0 Å². The van der Waals surface area contributed by atoms with E-state index >= 15 is 0 Å². The fourth-order valence-corrected chi connectivity index (χ4v) is 2.58. The highest BCUT2D eigenvalue weighted by atomic mass is 16.5. The summed E-state index contributed by atoms with van der Waals surface area (Å²) in [4.78, 5) is 24.0. The molecule has 2 rings (SSSR count). The van der Waals surface area contributed by atoms with E-state index in [0.29, 0.717) is 40.9 Å². The summed E-state index contributed by atoms with van der Waals surface area (Å²) in [6, 6.07) is 10.4. The summed E-state index contributed by atoms with van der Waals surface area (Å²) in [7, 11) is 4.51. The van der Waals surface area contributed by atoms with Gasteiger partial charge in [-0.05, 0) is 42.8 Å². The van der Waals surface area contributed by atoms with Crippen molar-refractivity contribution < 1.29 is 33.3 Å². The minimum absolute atomic E-state index is 0.432. The molecule has 8 heteroatoms. The Morgan fingerprint density at radius 1 is 0.967 bits per heavy atom. The molecule has 1 N–H and O–H groups in total. The van der Waals surface area contributed by atoms with Crippen LogP contribution in [-0.4, -0.2) is 46.4 Å². The van der Waals surface area contributed by atoms with Crippen molar-refractivity contribution in [2.24, 2.45) is 0 Å². The molecule has 2 aromatic carbocycles. The Balaban J connectivity index is 1.96. The first-order chi connectivity index (χ1) is 14.5. The Labute approximate surface area is 175 Å². The molecule has 0 aliphatic rings. The summed E-state index contributed by atoms with van der Waals surface area (Å²) in [6.07, 6.45) is 2.73. The molecule has 0 heterocycles. The lowest BCUT2D eigenvalue weighted by molar-refractivity contribution is -0.142. The predicted molar refractivity (Wildman–Crippen MR) is 112 cm³/mol. The summed E-state index contributed by atoms with van der Waals surface area (Å²) in [6.45, 7) is 1.88. The van der Waals surface area contributed by atoms with Gasteiger partial charge in [0.05, 0.1) is 33.6 Å². The van der Waals surface area contributed by atoms with Crippen LogP contribution in [0.25, 0.3) is 6.08 Å². The number of benzene rings is 2. The van der Waals surface area contributed by atoms with Gasteiger partial charge >= 0.3 is 5.97 Å².